The minimum absolute atomic E-state index is 0.0605. The van der Waals surface area contributed by atoms with E-state index >= 15 is 0 Å². The van der Waals surface area contributed by atoms with Crippen molar-refractivity contribution in [3.05, 3.63) is 30.1 Å². The number of hydrogen-bond donors (Lipinski definition) is 1. The van der Waals surface area contributed by atoms with Gasteiger partial charge in [0.2, 0.25) is 15.9 Å². The van der Waals surface area contributed by atoms with Crippen molar-refractivity contribution in [3.63, 3.8) is 0 Å². The number of nitrogens with zero attached hydrogens (tertiary/aromatic N) is 1. The number of amides is 1. The van der Waals surface area contributed by atoms with Gasteiger partial charge in [-0.15, -0.1) is 0 Å². The Labute approximate surface area is 115 Å². The molecule has 6 nitrogen and oxygen atoms in total. The van der Waals surface area contributed by atoms with E-state index in [9.17, 15) is 17.6 Å². The number of carbonyl (C=O) groups is 1. The molecular formula is C12H13FN2O4S. The second-order valence-electron chi connectivity index (χ2n) is 4.80. The summed E-state index contributed by atoms with van der Waals surface area (Å²) in [4.78, 5) is 11.1. The topological polar surface area (TPSA) is 75.7 Å². The molecule has 0 spiro atoms. The van der Waals surface area contributed by atoms with Crippen LogP contribution in [0.2, 0.25) is 0 Å². The molecule has 1 N–H and O–H groups in total. The molecule has 2 atom stereocenters. The van der Waals surface area contributed by atoms with Gasteiger partial charge < -0.3 is 10.1 Å². The third-order valence-corrected chi connectivity index (χ3v) is 5.27. The minimum Gasteiger partial charge on any atom is -0.365 e. The number of nitrogens with one attached hydrogen (secondary N) is 1. The summed E-state index contributed by atoms with van der Waals surface area (Å²) in [6, 6.07) is 4.52. The van der Waals surface area contributed by atoms with Crippen molar-refractivity contribution in [3.8, 4) is 0 Å². The molecule has 2 fully saturated rings. The highest BCUT2D eigenvalue weighted by Gasteiger charge is 2.43. The van der Waals surface area contributed by atoms with Gasteiger partial charge in [0.25, 0.3) is 0 Å². The first-order valence-corrected chi connectivity index (χ1v) is 7.57. The van der Waals surface area contributed by atoms with Gasteiger partial charge in [0, 0.05) is 13.1 Å². The fourth-order valence-electron chi connectivity index (χ4n) is 2.45. The third kappa shape index (κ3) is 2.30. The summed E-state index contributed by atoms with van der Waals surface area (Å²) in [5, 5.41) is 2.70. The number of hydrogen-bond acceptors (Lipinski definition) is 4. The number of fused-ring (bicyclic) bond motifs is 1. The van der Waals surface area contributed by atoms with Gasteiger partial charge in [-0.05, 0) is 18.2 Å². The van der Waals surface area contributed by atoms with Crippen LogP contribution in [0.15, 0.2) is 29.2 Å². The van der Waals surface area contributed by atoms with Gasteiger partial charge in [0.05, 0.1) is 17.0 Å². The van der Waals surface area contributed by atoms with Gasteiger partial charge in [-0.25, -0.2) is 12.8 Å². The Morgan fingerprint density at radius 2 is 2.15 bits per heavy atom. The molecular weight excluding hydrogens is 287 g/mol. The molecule has 1 aromatic carbocycles. The highest BCUT2D eigenvalue weighted by Crippen LogP contribution is 2.24. The first-order valence-electron chi connectivity index (χ1n) is 6.13. The first kappa shape index (κ1) is 13.5. The van der Waals surface area contributed by atoms with Crippen LogP contribution in [0.4, 0.5) is 4.39 Å². The lowest BCUT2D eigenvalue weighted by Crippen LogP contribution is -2.50. The van der Waals surface area contributed by atoms with Crippen LogP contribution in [0.1, 0.15) is 0 Å². The molecule has 0 bridgehead atoms. The van der Waals surface area contributed by atoms with E-state index in [0.29, 0.717) is 0 Å². The van der Waals surface area contributed by atoms with E-state index in [4.69, 9.17) is 4.74 Å². The molecule has 8 heteroatoms. The van der Waals surface area contributed by atoms with E-state index in [1.165, 1.54) is 22.5 Å². The zero-order valence-corrected chi connectivity index (χ0v) is 11.3. The highest BCUT2D eigenvalue weighted by atomic mass is 32.2. The van der Waals surface area contributed by atoms with Gasteiger partial charge >= 0.3 is 0 Å². The summed E-state index contributed by atoms with van der Waals surface area (Å²) < 4.78 is 44.5. The van der Waals surface area contributed by atoms with E-state index in [-0.39, 0.29) is 42.6 Å². The van der Waals surface area contributed by atoms with Crippen molar-refractivity contribution in [1.29, 1.82) is 0 Å². The van der Waals surface area contributed by atoms with Gasteiger partial charge in [-0.1, -0.05) is 6.07 Å². The normalized spacial score (nSPS) is 27.1. The maximum atomic E-state index is 13.2. The molecule has 0 unspecified atom stereocenters. The predicted molar refractivity (Wildman–Crippen MR) is 66.8 cm³/mol. The number of morpholine rings is 1. The molecule has 108 valence electrons. The van der Waals surface area contributed by atoms with Crippen LogP contribution in [0.5, 0.6) is 0 Å². The lowest BCUT2D eigenvalue weighted by molar-refractivity contribution is -0.134. The molecule has 2 aliphatic rings. The highest BCUT2D eigenvalue weighted by molar-refractivity contribution is 7.89. The molecule has 1 amide bonds. The summed E-state index contributed by atoms with van der Waals surface area (Å²) >= 11 is 0. The third-order valence-electron chi connectivity index (χ3n) is 3.44. The molecule has 2 aliphatic heterocycles. The van der Waals surface area contributed by atoms with Crippen LogP contribution in [0, 0.1) is 5.82 Å². The van der Waals surface area contributed by atoms with Crippen molar-refractivity contribution in [2.45, 2.75) is 17.0 Å². The zero-order chi connectivity index (χ0) is 14.3. The van der Waals surface area contributed by atoms with Gasteiger partial charge in [0.1, 0.15) is 12.4 Å². The molecule has 0 aromatic heterocycles. The van der Waals surface area contributed by atoms with Crippen LogP contribution in [0.25, 0.3) is 0 Å². The molecule has 0 radical (unpaired) electrons. The summed E-state index contributed by atoms with van der Waals surface area (Å²) in [5.41, 5.74) is 0. The average Bonchev–Trinajstić information content (AvgIpc) is 2.82. The molecule has 1 aromatic rings. The average molecular weight is 300 g/mol. The van der Waals surface area contributed by atoms with Crippen molar-refractivity contribution >= 4 is 15.9 Å². The first-order chi connectivity index (χ1) is 9.46. The second kappa shape index (κ2) is 4.80. The van der Waals surface area contributed by atoms with Crippen LogP contribution < -0.4 is 5.32 Å². The SMILES string of the molecule is O=C1CO[C@H]2CN(S(=O)(=O)c3cccc(F)c3)C[C@@H]2N1. The summed E-state index contributed by atoms with van der Waals surface area (Å²) in [7, 11) is -3.77. The predicted octanol–water partition coefficient (Wildman–Crippen LogP) is -0.286. The standard InChI is InChI=1S/C12H13FN2O4S/c13-8-2-1-3-9(4-8)20(17,18)15-5-10-11(6-15)19-7-12(16)14-10/h1-4,10-11H,5-7H2,(H,14,16)/t10-,11-/m0/s1. The van der Waals surface area contributed by atoms with Crippen molar-refractivity contribution in [1.82, 2.24) is 9.62 Å². The Hall–Kier alpha value is -1.51. The van der Waals surface area contributed by atoms with Crippen LogP contribution in [-0.2, 0) is 19.6 Å². The quantitative estimate of drug-likeness (QED) is 0.814. The fourth-order valence-corrected chi connectivity index (χ4v) is 3.96. The largest absolute Gasteiger partial charge is 0.365 e. The van der Waals surface area contributed by atoms with Crippen LogP contribution in [-0.4, -0.2) is 50.5 Å². The molecule has 20 heavy (non-hydrogen) atoms. The van der Waals surface area contributed by atoms with E-state index in [0.717, 1.165) is 6.07 Å². The maximum absolute atomic E-state index is 13.2. The Kier molecular flexibility index (Phi) is 3.23. The van der Waals surface area contributed by atoms with Crippen molar-refractivity contribution < 1.29 is 22.3 Å². The Bertz CT molecular complexity index is 649. The minimum atomic E-state index is -3.77. The fraction of sp³-hybridized carbons (Fsp3) is 0.417. The molecule has 2 heterocycles. The van der Waals surface area contributed by atoms with Crippen LogP contribution in [0.3, 0.4) is 0 Å². The second-order valence-corrected chi connectivity index (χ2v) is 6.74. The van der Waals surface area contributed by atoms with Crippen LogP contribution >= 0.6 is 0 Å². The zero-order valence-electron chi connectivity index (χ0n) is 10.5. The molecule has 2 saturated heterocycles. The number of halogens is 1. The Morgan fingerprint density at radius 3 is 2.90 bits per heavy atom. The summed E-state index contributed by atoms with van der Waals surface area (Å²) in [6.45, 7) is 0.230. The van der Waals surface area contributed by atoms with Crippen molar-refractivity contribution in [2.75, 3.05) is 19.7 Å². The van der Waals surface area contributed by atoms with E-state index in [1.54, 1.807) is 0 Å². The number of rotatable bonds is 2. The number of sulfonamides is 1. The number of carbonyl (C=O) groups excluding carboxylic acids is 1. The van der Waals surface area contributed by atoms with E-state index in [1.807, 2.05) is 0 Å². The van der Waals surface area contributed by atoms with Crippen molar-refractivity contribution in [2.24, 2.45) is 0 Å². The lowest BCUT2D eigenvalue weighted by Gasteiger charge is -2.24. The Morgan fingerprint density at radius 1 is 1.35 bits per heavy atom. The van der Waals surface area contributed by atoms with Gasteiger partial charge in [-0.3, -0.25) is 4.79 Å². The van der Waals surface area contributed by atoms with Gasteiger partial charge in [0.15, 0.2) is 0 Å². The number of ether oxygens (including phenoxy) is 1. The van der Waals surface area contributed by atoms with Gasteiger partial charge in [-0.2, -0.15) is 4.31 Å². The molecule has 0 aliphatic carbocycles. The van der Waals surface area contributed by atoms with E-state index < -0.39 is 15.8 Å². The summed E-state index contributed by atoms with van der Waals surface area (Å²) in [5.74, 6) is -0.858. The Balaban J connectivity index is 1.85. The smallest absolute Gasteiger partial charge is 0.246 e. The van der Waals surface area contributed by atoms with E-state index in [2.05, 4.69) is 5.32 Å². The number of benzene rings is 1. The lowest BCUT2D eigenvalue weighted by atomic mass is 10.2. The molecule has 3 rings (SSSR count). The monoisotopic (exact) mass is 300 g/mol. The maximum Gasteiger partial charge on any atom is 0.246 e. The summed E-state index contributed by atoms with van der Waals surface area (Å²) in [6.07, 6.45) is -0.351. The molecule has 0 saturated carbocycles.